The fourth-order valence-corrected chi connectivity index (χ4v) is 3.96. The first-order valence-electron chi connectivity index (χ1n) is 8.79. The van der Waals surface area contributed by atoms with E-state index in [9.17, 15) is 4.39 Å². The summed E-state index contributed by atoms with van der Waals surface area (Å²) >= 11 is 0. The molecule has 0 spiro atoms. The van der Waals surface area contributed by atoms with Crippen molar-refractivity contribution in [1.29, 1.82) is 0 Å². The monoisotopic (exact) mass is 309 g/mol. The van der Waals surface area contributed by atoms with Crippen molar-refractivity contribution in [1.82, 2.24) is 4.90 Å². The minimum Gasteiger partial charge on any atom is -0.298 e. The zero-order chi connectivity index (χ0) is 15.6. The summed E-state index contributed by atoms with van der Waals surface area (Å²) in [6.07, 6.45) is 4.14. The Hall–Kier alpha value is -1.67. The van der Waals surface area contributed by atoms with Crippen LogP contribution >= 0.6 is 0 Å². The number of nitrogens with zero attached hydrogens (tertiary/aromatic N) is 1. The normalized spacial score (nSPS) is 24.4. The van der Waals surface area contributed by atoms with E-state index >= 15 is 0 Å². The summed E-state index contributed by atoms with van der Waals surface area (Å²) in [5.41, 5.74) is 2.75. The summed E-state index contributed by atoms with van der Waals surface area (Å²) in [5.74, 6) is 2.47. The molecule has 1 aliphatic heterocycles. The summed E-state index contributed by atoms with van der Waals surface area (Å²) in [4.78, 5) is 2.47. The van der Waals surface area contributed by atoms with Gasteiger partial charge in [0.15, 0.2) is 0 Å². The lowest BCUT2D eigenvalue weighted by Crippen LogP contribution is -2.45. The first-order chi connectivity index (χ1) is 11.3. The summed E-state index contributed by atoms with van der Waals surface area (Å²) in [7, 11) is 0. The van der Waals surface area contributed by atoms with E-state index in [2.05, 4.69) is 35.2 Å². The molecule has 23 heavy (non-hydrogen) atoms. The van der Waals surface area contributed by atoms with Crippen molar-refractivity contribution < 1.29 is 4.39 Å². The Morgan fingerprint density at radius 1 is 0.913 bits per heavy atom. The average molecular weight is 309 g/mol. The molecule has 1 heterocycles. The second-order valence-corrected chi connectivity index (χ2v) is 7.28. The third-order valence-corrected chi connectivity index (χ3v) is 5.45. The van der Waals surface area contributed by atoms with Gasteiger partial charge >= 0.3 is 0 Å². The van der Waals surface area contributed by atoms with E-state index in [-0.39, 0.29) is 5.82 Å². The molecule has 0 N–H and O–H groups in total. The Morgan fingerprint density at radius 3 is 2.39 bits per heavy atom. The van der Waals surface area contributed by atoms with Gasteiger partial charge in [-0.3, -0.25) is 4.90 Å². The molecule has 2 fully saturated rings. The van der Waals surface area contributed by atoms with Crippen molar-refractivity contribution in [3.63, 3.8) is 0 Å². The van der Waals surface area contributed by atoms with Gasteiger partial charge in [-0.25, -0.2) is 4.39 Å². The van der Waals surface area contributed by atoms with E-state index in [1.165, 1.54) is 43.5 Å². The molecule has 1 saturated carbocycles. The molecule has 1 aliphatic carbocycles. The van der Waals surface area contributed by atoms with Gasteiger partial charge in [-0.1, -0.05) is 42.5 Å². The highest BCUT2D eigenvalue weighted by molar-refractivity contribution is 5.25. The largest absolute Gasteiger partial charge is 0.298 e. The molecule has 2 unspecified atom stereocenters. The molecule has 0 radical (unpaired) electrons. The summed E-state index contributed by atoms with van der Waals surface area (Å²) in [6, 6.07) is 17.9. The molecular formula is C21H24FN. The SMILES string of the molecule is Fc1ccc(CN2CC(CCC3CC3c3ccccc3)C2)cc1. The molecule has 120 valence electrons. The van der Waals surface area contributed by atoms with Crippen LogP contribution in [0.4, 0.5) is 4.39 Å². The van der Waals surface area contributed by atoms with Crippen molar-refractivity contribution in [3.8, 4) is 0 Å². The van der Waals surface area contributed by atoms with Crippen LogP contribution in [0.15, 0.2) is 54.6 Å². The summed E-state index contributed by atoms with van der Waals surface area (Å²) in [6.45, 7) is 3.38. The lowest BCUT2D eigenvalue weighted by atomic mass is 9.92. The molecule has 4 rings (SSSR count). The van der Waals surface area contributed by atoms with Crippen LogP contribution in [0.2, 0.25) is 0 Å². The maximum atomic E-state index is 12.9. The summed E-state index contributed by atoms with van der Waals surface area (Å²) in [5, 5.41) is 0. The van der Waals surface area contributed by atoms with E-state index in [4.69, 9.17) is 0 Å². The van der Waals surface area contributed by atoms with Gasteiger partial charge in [-0.2, -0.15) is 0 Å². The minimum atomic E-state index is -0.146. The molecule has 2 aromatic carbocycles. The third kappa shape index (κ3) is 3.64. The molecule has 2 atom stereocenters. The van der Waals surface area contributed by atoms with Crippen molar-refractivity contribution in [3.05, 3.63) is 71.5 Å². The van der Waals surface area contributed by atoms with Crippen LogP contribution in [0.1, 0.15) is 36.3 Å². The molecule has 1 nitrogen and oxygen atoms in total. The lowest BCUT2D eigenvalue weighted by Gasteiger charge is -2.39. The predicted octanol–water partition coefficient (Wildman–Crippen LogP) is 4.84. The van der Waals surface area contributed by atoms with E-state index < -0.39 is 0 Å². The predicted molar refractivity (Wildman–Crippen MR) is 91.7 cm³/mol. The maximum Gasteiger partial charge on any atom is 0.123 e. The van der Waals surface area contributed by atoms with Gasteiger partial charge in [0.05, 0.1) is 0 Å². The fraction of sp³-hybridized carbons (Fsp3) is 0.429. The quantitative estimate of drug-likeness (QED) is 0.738. The molecule has 0 bridgehead atoms. The van der Waals surface area contributed by atoms with Gasteiger partial charge in [-0.05, 0) is 60.3 Å². The van der Waals surface area contributed by atoms with Crippen LogP contribution in [0.25, 0.3) is 0 Å². The Morgan fingerprint density at radius 2 is 1.65 bits per heavy atom. The van der Waals surface area contributed by atoms with Crippen molar-refractivity contribution >= 4 is 0 Å². The molecule has 1 saturated heterocycles. The molecule has 0 aromatic heterocycles. The number of rotatable bonds is 6. The van der Waals surface area contributed by atoms with E-state index in [1.54, 1.807) is 12.1 Å². The van der Waals surface area contributed by atoms with Crippen molar-refractivity contribution in [2.24, 2.45) is 11.8 Å². The van der Waals surface area contributed by atoms with Crippen LogP contribution in [0.3, 0.4) is 0 Å². The zero-order valence-electron chi connectivity index (χ0n) is 13.5. The van der Waals surface area contributed by atoms with Gasteiger partial charge in [0.25, 0.3) is 0 Å². The van der Waals surface area contributed by atoms with Crippen LogP contribution in [-0.4, -0.2) is 18.0 Å². The Balaban J connectivity index is 1.16. The van der Waals surface area contributed by atoms with Gasteiger partial charge in [0.2, 0.25) is 0 Å². The van der Waals surface area contributed by atoms with Gasteiger partial charge in [0.1, 0.15) is 5.82 Å². The standard InChI is InChI=1S/C21H24FN/c22-20-10-7-16(8-11-20)13-23-14-17(15-23)6-9-19-12-21(19)18-4-2-1-3-5-18/h1-5,7-8,10-11,17,19,21H,6,9,12-15H2. The highest BCUT2D eigenvalue weighted by atomic mass is 19.1. The first-order valence-corrected chi connectivity index (χ1v) is 8.79. The fourth-order valence-electron chi connectivity index (χ4n) is 3.96. The van der Waals surface area contributed by atoms with Gasteiger partial charge in [0, 0.05) is 19.6 Å². The minimum absolute atomic E-state index is 0.146. The molecule has 0 amide bonds. The average Bonchev–Trinajstić information content (AvgIpc) is 3.32. The first kappa shape index (κ1) is 14.9. The number of benzene rings is 2. The van der Waals surface area contributed by atoms with Crippen LogP contribution in [0, 0.1) is 17.7 Å². The third-order valence-electron chi connectivity index (χ3n) is 5.45. The van der Waals surface area contributed by atoms with Gasteiger partial charge in [-0.15, -0.1) is 0 Å². The molecule has 2 aliphatic rings. The van der Waals surface area contributed by atoms with E-state index in [1.807, 2.05) is 12.1 Å². The molecule has 2 heteroatoms. The number of halogens is 1. The number of likely N-dealkylation sites (tertiary alicyclic amines) is 1. The van der Waals surface area contributed by atoms with E-state index in [0.717, 1.165) is 24.3 Å². The second kappa shape index (κ2) is 6.45. The molecular weight excluding hydrogens is 285 g/mol. The van der Waals surface area contributed by atoms with Crippen LogP contribution in [0.5, 0.6) is 0 Å². The highest BCUT2D eigenvalue weighted by Crippen LogP contribution is 2.50. The smallest absolute Gasteiger partial charge is 0.123 e. The van der Waals surface area contributed by atoms with Crippen LogP contribution in [-0.2, 0) is 6.54 Å². The van der Waals surface area contributed by atoms with E-state index in [0.29, 0.717) is 0 Å². The second-order valence-electron chi connectivity index (χ2n) is 7.28. The Kier molecular flexibility index (Phi) is 4.17. The zero-order valence-corrected chi connectivity index (χ0v) is 13.5. The topological polar surface area (TPSA) is 3.24 Å². The Labute approximate surface area is 138 Å². The van der Waals surface area contributed by atoms with Crippen molar-refractivity contribution in [2.45, 2.75) is 31.7 Å². The van der Waals surface area contributed by atoms with Gasteiger partial charge < -0.3 is 0 Å². The highest BCUT2D eigenvalue weighted by Gasteiger charge is 2.38. The Bertz CT molecular complexity index is 631. The summed E-state index contributed by atoms with van der Waals surface area (Å²) < 4.78 is 12.9. The number of hydrogen-bond donors (Lipinski definition) is 0. The maximum absolute atomic E-state index is 12.9. The van der Waals surface area contributed by atoms with Crippen molar-refractivity contribution in [2.75, 3.05) is 13.1 Å². The lowest BCUT2D eigenvalue weighted by molar-refractivity contribution is 0.0838. The number of hydrogen-bond acceptors (Lipinski definition) is 1. The molecule has 2 aromatic rings. The van der Waals surface area contributed by atoms with Crippen LogP contribution < -0.4 is 0 Å².